The van der Waals surface area contributed by atoms with Gasteiger partial charge in [-0.1, -0.05) is 30.1 Å². The Morgan fingerprint density at radius 2 is 2.33 bits per heavy atom. The first-order valence-electron chi connectivity index (χ1n) is 6.53. The molecule has 2 atom stereocenters. The fourth-order valence-corrected chi connectivity index (χ4v) is 4.22. The summed E-state index contributed by atoms with van der Waals surface area (Å²) < 4.78 is 1.57. The van der Waals surface area contributed by atoms with Gasteiger partial charge in [0.15, 0.2) is 0 Å². The van der Waals surface area contributed by atoms with Gasteiger partial charge in [0.05, 0.1) is 8.67 Å². The molecule has 102 valence electrons. The van der Waals surface area contributed by atoms with Gasteiger partial charge in [0.2, 0.25) is 0 Å². The molecule has 0 amide bonds. The zero-order valence-electron chi connectivity index (χ0n) is 10.9. The minimum absolute atomic E-state index is 0.267. The largest absolute Gasteiger partial charge is 0.306 e. The third kappa shape index (κ3) is 3.61. The van der Waals surface area contributed by atoms with Gasteiger partial charge in [-0.05, 0) is 44.5 Å². The van der Waals surface area contributed by atoms with E-state index in [0.717, 1.165) is 27.3 Å². The highest BCUT2D eigenvalue weighted by atomic mass is 35.5. The summed E-state index contributed by atoms with van der Waals surface area (Å²) in [6, 6.07) is 2.80. The summed E-state index contributed by atoms with van der Waals surface area (Å²) in [4.78, 5) is 2.50. The standard InChI is InChI=1S/C13H20Cl2N2S/c1-3-17-6-4-5-10(8-17)16-9(2)11-7-12(14)18-13(11)15/h7,9-10,16H,3-6,8H2,1-2H3. The van der Waals surface area contributed by atoms with Crippen LogP contribution in [-0.2, 0) is 0 Å². The number of likely N-dealkylation sites (tertiary alicyclic amines) is 1. The molecule has 2 unspecified atom stereocenters. The van der Waals surface area contributed by atoms with Crippen LogP contribution in [0, 0.1) is 0 Å². The summed E-state index contributed by atoms with van der Waals surface area (Å²) in [5.74, 6) is 0. The second-order valence-corrected chi connectivity index (χ2v) is 7.19. The predicted molar refractivity (Wildman–Crippen MR) is 81.0 cm³/mol. The Kier molecular flexibility index (Phi) is 5.34. The van der Waals surface area contributed by atoms with Gasteiger partial charge in [0, 0.05) is 18.6 Å². The van der Waals surface area contributed by atoms with Crippen molar-refractivity contribution < 1.29 is 0 Å². The van der Waals surface area contributed by atoms with Crippen LogP contribution in [0.3, 0.4) is 0 Å². The van der Waals surface area contributed by atoms with E-state index in [4.69, 9.17) is 23.2 Å². The molecule has 1 aromatic heterocycles. The van der Waals surface area contributed by atoms with E-state index in [2.05, 4.69) is 24.1 Å². The minimum Gasteiger partial charge on any atom is -0.306 e. The number of thiophene rings is 1. The SMILES string of the molecule is CCN1CCCC(NC(C)c2cc(Cl)sc2Cl)C1. The molecule has 1 N–H and O–H groups in total. The van der Waals surface area contributed by atoms with E-state index in [-0.39, 0.29) is 6.04 Å². The highest BCUT2D eigenvalue weighted by molar-refractivity contribution is 7.20. The van der Waals surface area contributed by atoms with Crippen molar-refractivity contribution in [3.8, 4) is 0 Å². The normalized spacial score (nSPS) is 23.2. The van der Waals surface area contributed by atoms with Crippen molar-refractivity contribution in [3.05, 3.63) is 20.3 Å². The van der Waals surface area contributed by atoms with Crippen molar-refractivity contribution in [2.75, 3.05) is 19.6 Å². The summed E-state index contributed by atoms with van der Waals surface area (Å²) in [6.07, 6.45) is 2.52. The van der Waals surface area contributed by atoms with Crippen LogP contribution in [0.2, 0.25) is 8.67 Å². The molecule has 1 aromatic rings. The van der Waals surface area contributed by atoms with Gasteiger partial charge in [-0.2, -0.15) is 0 Å². The van der Waals surface area contributed by atoms with E-state index in [0.29, 0.717) is 6.04 Å². The molecule has 1 saturated heterocycles. The van der Waals surface area contributed by atoms with Gasteiger partial charge in [-0.25, -0.2) is 0 Å². The lowest BCUT2D eigenvalue weighted by Crippen LogP contribution is -2.46. The third-order valence-electron chi connectivity index (χ3n) is 3.59. The van der Waals surface area contributed by atoms with E-state index in [1.807, 2.05) is 6.07 Å². The van der Waals surface area contributed by atoms with Crippen molar-refractivity contribution in [3.63, 3.8) is 0 Å². The molecular formula is C13H20Cl2N2S. The number of hydrogen-bond donors (Lipinski definition) is 1. The molecule has 0 aliphatic carbocycles. The van der Waals surface area contributed by atoms with Gasteiger partial charge in [-0.15, -0.1) is 11.3 Å². The van der Waals surface area contributed by atoms with E-state index in [1.54, 1.807) is 0 Å². The molecule has 1 aliphatic rings. The highest BCUT2D eigenvalue weighted by Gasteiger charge is 2.22. The molecule has 0 aromatic carbocycles. The number of nitrogens with zero attached hydrogens (tertiary/aromatic N) is 1. The molecule has 18 heavy (non-hydrogen) atoms. The predicted octanol–water partition coefficient (Wildman–Crippen LogP) is 4.19. The lowest BCUT2D eigenvalue weighted by atomic mass is 10.0. The maximum Gasteiger partial charge on any atom is 0.0991 e. The quantitative estimate of drug-likeness (QED) is 0.897. The van der Waals surface area contributed by atoms with Gasteiger partial charge in [-0.3, -0.25) is 0 Å². The Labute approximate surface area is 123 Å². The van der Waals surface area contributed by atoms with Crippen molar-refractivity contribution in [1.29, 1.82) is 0 Å². The zero-order chi connectivity index (χ0) is 13.1. The van der Waals surface area contributed by atoms with Crippen molar-refractivity contribution in [2.45, 2.75) is 38.8 Å². The lowest BCUT2D eigenvalue weighted by Gasteiger charge is -2.34. The minimum atomic E-state index is 0.267. The van der Waals surface area contributed by atoms with Gasteiger partial charge in [0.25, 0.3) is 0 Å². The number of hydrogen-bond acceptors (Lipinski definition) is 3. The molecule has 2 nitrogen and oxygen atoms in total. The van der Waals surface area contributed by atoms with Crippen LogP contribution in [0.5, 0.6) is 0 Å². The van der Waals surface area contributed by atoms with Crippen LogP contribution < -0.4 is 5.32 Å². The van der Waals surface area contributed by atoms with Crippen molar-refractivity contribution in [1.82, 2.24) is 10.2 Å². The first kappa shape index (κ1) is 14.6. The average Bonchev–Trinajstić information content (AvgIpc) is 2.69. The molecule has 0 spiro atoms. The second kappa shape index (κ2) is 6.58. The van der Waals surface area contributed by atoms with Crippen LogP contribution in [0.15, 0.2) is 6.07 Å². The average molecular weight is 307 g/mol. The van der Waals surface area contributed by atoms with E-state index < -0.39 is 0 Å². The van der Waals surface area contributed by atoms with Crippen molar-refractivity contribution >= 4 is 34.5 Å². The second-order valence-electron chi connectivity index (χ2n) is 4.90. The summed E-state index contributed by atoms with van der Waals surface area (Å²) in [7, 11) is 0. The molecule has 1 fully saturated rings. The molecule has 0 saturated carbocycles. The Balaban J connectivity index is 1.94. The monoisotopic (exact) mass is 306 g/mol. The fourth-order valence-electron chi connectivity index (χ4n) is 2.57. The Morgan fingerprint density at radius 1 is 1.56 bits per heavy atom. The number of piperidine rings is 1. The molecule has 1 aliphatic heterocycles. The summed E-state index contributed by atoms with van der Waals surface area (Å²) >= 11 is 13.6. The maximum atomic E-state index is 6.20. The Bertz CT molecular complexity index is 394. The first-order valence-corrected chi connectivity index (χ1v) is 8.10. The summed E-state index contributed by atoms with van der Waals surface area (Å²) in [5, 5.41) is 3.68. The lowest BCUT2D eigenvalue weighted by molar-refractivity contribution is 0.192. The van der Waals surface area contributed by atoms with E-state index in [9.17, 15) is 0 Å². The van der Waals surface area contributed by atoms with Crippen LogP contribution >= 0.6 is 34.5 Å². The number of rotatable bonds is 4. The van der Waals surface area contributed by atoms with Crippen LogP contribution in [0.1, 0.15) is 38.3 Å². The van der Waals surface area contributed by atoms with E-state index in [1.165, 1.54) is 30.7 Å². The Hall–Kier alpha value is 0.200. The number of halogens is 2. The van der Waals surface area contributed by atoms with Gasteiger partial charge >= 0.3 is 0 Å². The first-order chi connectivity index (χ1) is 8.60. The molecule has 2 rings (SSSR count). The zero-order valence-corrected chi connectivity index (χ0v) is 13.2. The number of nitrogens with one attached hydrogen (secondary N) is 1. The van der Waals surface area contributed by atoms with Crippen LogP contribution in [0.25, 0.3) is 0 Å². The van der Waals surface area contributed by atoms with Gasteiger partial charge in [0.1, 0.15) is 0 Å². The Morgan fingerprint density at radius 3 is 2.94 bits per heavy atom. The molecule has 0 bridgehead atoms. The van der Waals surface area contributed by atoms with Crippen LogP contribution in [-0.4, -0.2) is 30.6 Å². The van der Waals surface area contributed by atoms with Crippen molar-refractivity contribution in [2.24, 2.45) is 0 Å². The molecular weight excluding hydrogens is 287 g/mol. The smallest absolute Gasteiger partial charge is 0.0991 e. The fraction of sp³-hybridized carbons (Fsp3) is 0.692. The van der Waals surface area contributed by atoms with E-state index >= 15 is 0 Å². The summed E-state index contributed by atoms with van der Waals surface area (Å²) in [5.41, 5.74) is 1.13. The topological polar surface area (TPSA) is 15.3 Å². The third-order valence-corrected chi connectivity index (χ3v) is 5.11. The molecule has 0 radical (unpaired) electrons. The number of likely N-dealkylation sites (N-methyl/N-ethyl adjacent to an activating group) is 1. The molecule has 2 heterocycles. The maximum absolute atomic E-state index is 6.20. The molecule has 5 heteroatoms. The highest BCUT2D eigenvalue weighted by Crippen LogP contribution is 2.35. The van der Waals surface area contributed by atoms with Gasteiger partial charge < -0.3 is 10.2 Å². The van der Waals surface area contributed by atoms with Crippen LogP contribution in [0.4, 0.5) is 0 Å². The summed E-state index contributed by atoms with van der Waals surface area (Å²) in [6.45, 7) is 7.89.